The number of hydrogen-bond donors (Lipinski definition) is 0. The molecule has 0 aromatic heterocycles. The van der Waals surface area contributed by atoms with E-state index < -0.39 is 0 Å². The molecule has 4 nitrogen and oxygen atoms in total. The fourth-order valence-corrected chi connectivity index (χ4v) is 2.66. The van der Waals surface area contributed by atoms with E-state index in [1.54, 1.807) is 4.90 Å². The van der Waals surface area contributed by atoms with Gasteiger partial charge in [-0.3, -0.25) is 9.69 Å². The highest BCUT2D eigenvalue weighted by Gasteiger charge is 2.34. The number of carbonyl (C=O) groups is 2. The molecular weight excluding hydrogens is 240 g/mol. The van der Waals surface area contributed by atoms with Crippen molar-refractivity contribution < 1.29 is 9.59 Å². The first-order valence-electron chi connectivity index (χ1n) is 6.62. The number of likely N-dealkylation sites (N-methyl/N-ethyl adjacent to an activating group) is 1. The Morgan fingerprint density at radius 3 is 2.63 bits per heavy atom. The maximum Gasteiger partial charge on any atom is 0.245 e. The zero-order chi connectivity index (χ0) is 13.8. The van der Waals surface area contributed by atoms with Crippen LogP contribution < -0.4 is 0 Å². The van der Waals surface area contributed by atoms with Gasteiger partial charge in [-0.05, 0) is 32.5 Å². The summed E-state index contributed by atoms with van der Waals surface area (Å²) >= 11 is 0. The summed E-state index contributed by atoms with van der Waals surface area (Å²) in [5, 5.41) is 0. The average molecular weight is 260 g/mol. The normalized spacial score (nSPS) is 20.6. The van der Waals surface area contributed by atoms with Crippen molar-refractivity contribution in [3.8, 4) is 0 Å². The van der Waals surface area contributed by atoms with Crippen LogP contribution in [0.3, 0.4) is 0 Å². The molecule has 1 fully saturated rings. The van der Waals surface area contributed by atoms with Gasteiger partial charge in [0.15, 0.2) is 0 Å². The molecule has 1 amide bonds. The number of hydrogen-bond acceptors (Lipinski definition) is 3. The van der Waals surface area contributed by atoms with Gasteiger partial charge < -0.3 is 9.69 Å². The standard InChI is InChI=1S/C15H20N2O2/c1-16(2)14(12-7-4-3-5-8-12)15(19)17-10-6-9-13(17)11-18/h3-5,7-8,11,13-14H,6,9-10H2,1-2H3/t13-,14+/m0/s1. The highest BCUT2D eigenvalue weighted by atomic mass is 16.2. The van der Waals surface area contributed by atoms with Crippen LogP contribution in [0.5, 0.6) is 0 Å². The van der Waals surface area contributed by atoms with Gasteiger partial charge in [0.25, 0.3) is 0 Å². The number of rotatable bonds is 4. The molecule has 19 heavy (non-hydrogen) atoms. The van der Waals surface area contributed by atoms with Crippen LogP contribution in [0.25, 0.3) is 0 Å². The highest BCUT2D eigenvalue weighted by Crippen LogP contribution is 2.25. The van der Waals surface area contributed by atoms with Crippen LogP contribution in [0.15, 0.2) is 30.3 Å². The summed E-state index contributed by atoms with van der Waals surface area (Å²) in [7, 11) is 3.78. The van der Waals surface area contributed by atoms with Crippen molar-refractivity contribution in [1.29, 1.82) is 0 Å². The SMILES string of the molecule is CN(C)[C@@H](C(=O)N1CCC[C@H]1C=O)c1ccccc1. The number of benzene rings is 1. The third-order valence-corrected chi connectivity index (χ3v) is 3.61. The molecule has 0 spiro atoms. The van der Waals surface area contributed by atoms with Crippen LogP contribution >= 0.6 is 0 Å². The highest BCUT2D eigenvalue weighted by molar-refractivity contribution is 5.86. The van der Waals surface area contributed by atoms with Crippen molar-refractivity contribution in [2.75, 3.05) is 20.6 Å². The van der Waals surface area contributed by atoms with Gasteiger partial charge in [-0.25, -0.2) is 0 Å². The molecule has 4 heteroatoms. The van der Waals surface area contributed by atoms with Crippen molar-refractivity contribution in [2.24, 2.45) is 0 Å². The molecule has 0 bridgehead atoms. The maximum absolute atomic E-state index is 12.7. The zero-order valence-electron chi connectivity index (χ0n) is 11.5. The second kappa shape index (κ2) is 5.97. The van der Waals surface area contributed by atoms with Crippen LogP contribution in [-0.2, 0) is 9.59 Å². The van der Waals surface area contributed by atoms with Gasteiger partial charge in [-0.15, -0.1) is 0 Å². The Morgan fingerprint density at radius 2 is 2.05 bits per heavy atom. The third-order valence-electron chi connectivity index (χ3n) is 3.61. The molecule has 1 aliphatic rings. The van der Waals surface area contributed by atoms with Crippen LogP contribution in [0.2, 0.25) is 0 Å². The molecule has 1 aliphatic heterocycles. The second-order valence-electron chi connectivity index (χ2n) is 5.15. The number of amides is 1. The number of aldehydes is 1. The smallest absolute Gasteiger partial charge is 0.245 e. The minimum Gasteiger partial charge on any atom is -0.331 e. The van der Waals surface area contributed by atoms with Crippen LogP contribution in [0.1, 0.15) is 24.4 Å². The predicted molar refractivity (Wildman–Crippen MR) is 73.7 cm³/mol. The molecule has 1 saturated heterocycles. The average Bonchev–Trinajstić information content (AvgIpc) is 2.88. The van der Waals surface area contributed by atoms with Crippen molar-refractivity contribution in [2.45, 2.75) is 24.9 Å². The Morgan fingerprint density at radius 1 is 1.37 bits per heavy atom. The molecule has 0 N–H and O–H groups in total. The van der Waals surface area contributed by atoms with E-state index >= 15 is 0 Å². The molecule has 102 valence electrons. The Labute approximate surface area is 114 Å². The summed E-state index contributed by atoms with van der Waals surface area (Å²) < 4.78 is 0. The van der Waals surface area contributed by atoms with E-state index in [1.807, 2.05) is 49.3 Å². The fourth-order valence-electron chi connectivity index (χ4n) is 2.66. The molecule has 0 unspecified atom stereocenters. The van der Waals surface area contributed by atoms with Crippen LogP contribution in [0, 0.1) is 0 Å². The van der Waals surface area contributed by atoms with E-state index in [2.05, 4.69) is 0 Å². The molecule has 0 saturated carbocycles. The van der Waals surface area contributed by atoms with Gasteiger partial charge in [-0.1, -0.05) is 30.3 Å². The Bertz CT molecular complexity index is 445. The summed E-state index contributed by atoms with van der Waals surface area (Å²) in [6.07, 6.45) is 2.58. The number of likely N-dealkylation sites (tertiary alicyclic amines) is 1. The molecule has 0 radical (unpaired) electrons. The number of nitrogens with zero attached hydrogens (tertiary/aromatic N) is 2. The van der Waals surface area contributed by atoms with Crippen molar-refractivity contribution in [3.63, 3.8) is 0 Å². The van der Waals surface area contributed by atoms with Crippen molar-refractivity contribution in [1.82, 2.24) is 9.80 Å². The predicted octanol–water partition coefficient (Wildman–Crippen LogP) is 1.48. The monoisotopic (exact) mass is 260 g/mol. The lowest BCUT2D eigenvalue weighted by atomic mass is 10.0. The quantitative estimate of drug-likeness (QED) is 0.770. The van der Waals surface area contributed by atoms with E-state index in [9.17, 15) is 9.59 Å². The molecule has 2 rings (SSSR count). The first kappa shape index (κ1) is 13.7. The summed E-state index contributed by atoms with van der Waals surface area (Å²) in [6.45, 7) is 0.680. The van der Waals surface area contributed by atoms with Gasteiger partial charge in [0.1, 0.15) is 12.3 Å². The van der Waals surface area contributed by atoms with Gasteiger partial charge in [0.2, 0.25) is 5.91 Å². The molecule has 0 aliphatic carbocycles. The summed E-state index contributed by atoms with van der Waals surface area (Å²) in [5.74, 6) is 0.0193. The number of carbonyl (C=O) groups excluding carboxylic acids is 2. The van der Waals surface area contributed by atoms with E-state index in [-0.39, 0.29) is 18.0 Å². The molecule has 1 aromatic rings. The second-order valence-corrected chi connectivity index (χ2v) is 5.15. The maximum atomic E-state index is 12.7. The van der Waals surface area contributed by atoms with E-state index in [4.69, 9.17) is 0 Å². The molecule has 1 aromatic carbocycles. The Balaban J connectivity index is 2.25. The minimum absolute atomic E-state index is 0.0193. The Kier molecular flexibility index (Phi) is 4.32. The van der Waals surface area contributed by atoms with E-state index in [0.717, 1.165) is 24.7 Å². The lowest BCUT2D eigenvalue weighted by Crippen LogP contribution is -2.43. The molecule has 1 heterocycles. The van der Waals surface area contributed by atoms with Crippen molar-refractivity contribution in [3.05, 3.63) is 35.9 Å². The molecular formula is C15H20N2O2. The minimum atomic E-state index is -0.318. The lowest BCUT2D eigenvalue weighted by molar-refractivity contribution is -0.139. The van der Waals surface area contributed by atoms with Gasteiger partial charge in [0.05, 0.1) is 6.04 Å². The zero-order valence-corrected chi connectivity index (χ0v) is 11.5. The first-order chi connectivity index (χ1) is 9.15. The van der Waals surface area contributed by atoms with Crippen LogP contribution in [-0.4, -0.2) is 48.7 Å². The first-order valence-corrected chi connectivity index (χ1v) is 6.62. The summed E-state index contributed by atoms with van der Waals surface area (Å²) in [4.78, 5) is 27.3. The fraction of sp³-hybridized carbons (Fsp3) is 0.467. The summed E-state index contributed by atoms with van der Waals surface area (Å²) in [6, 6.07) is 9.13. The van der Waals surface area contributed by atoms with E-state index in [0.29, 0.717) is 6.54 Å². The molecule has 2 atom stereocenters. The topological polar surface area (TPSA) is 40.6 Å². The van der Waals surface area contributed by atoms with Crippen molar-refractivity contribution >= 4 is 12.2 Å². The summed E-state index contributed by atoms with van der Waals surface area (Å²) in [5.41, 5.74) is 0.967. The van der Waals surface area contributed by atoms with Gasteiger partial charge in [-0.2, -0.15) is 0 Å². The van der Waals surface area contributed by atoms with E-state index in [1.165, 1.54) is 0 Å². The Hall–Kier alpha value is -1.68. The van der Waals surface area contributed by atoms with Gasteiger partial charge >= 0.3 is 0 Å². The largest absolute Gasteiger partial charge is 0.331 e. The third kappa shape index (κ3) is 2.84. The lowest BCUT2D eigenvalue weighted by Gasteiger charge is -2.30. The van der Waals surface area contributed by atoms with Gasteiger partial charge in [0, 0.05) is 6.54 Å². The van der Waals surface area contributed by atoms with Crippen LogP contribution in [0.4, 0.5) is 0 Å².